The van der Waals surface area contributed by atoms with Crippen LogP contribution in [0.4, 0.5) is 17.1 Å². The molecule has 0 spiro atoms. The molecule has 0 saturated carbocycles. The topological polar surface area (TPSA) is 16.4 Å². The number of anilines is 3. The fourth-order valence-corrected chi connectivity index (χ4v) is 9.27. The summed E-state index contributed by atoms with van der Waals surface area (Å²) in [5.41, 5.74) is 9.86. The van der Waals surface area contributed by atoms with Crippen molar-refractivity contribution in [2.45, 2.75) is 0 Å². The quantitative estimate of drug-likeness (QED) is 0.178. The molecule has 53 heavy (non-hydrogen) atoms. The normalized spacial score (nSPS) is 11.8. The summed E-state index contributed by atoms with van der Waals surface area (Å²) in [6.07, 6.45) is 0. The number of nitrogens with zero attached hydrogens (tertiary/aromatic N) is 1. The molecule has 0 atom stereocenters. The second-order valence-corrected chi connectivity index (χ2v) is 14.8. The van der Waals surface area contributed by atoms with E-state index in [1.54, 1.807) is 0 Å². The van der Waals surface area contributed by atoms with Crippen molar-refractivity contribution in [3.05, 3.63) is 188 Å². The fourth-order valence-electron chi connectivity index (χ4n) is 8.11. The number of benzene rings is 9. The molecule has 0 saturated heterocycles. The molecular formula is C50H31NOS. The van der Waals surface area contributed by atoms with E-state index in [0.717, 1.165) is 39.0 Å². The molecule has 0 radical (unpaired) electrons. The molecule has 11 aromatic rings. The van der Waals surface area contributed by atoms with Gasteiger partial charge >= 0.3 is 0 Å². The van der Waals surface area contributed by atoms with Crippen LogP contribution < -0.4 is 4.90 Å². The largest absolute Gasteiger partial charge is 0.456 e. The zero-order valence-corrected chi connectivity index (χ0v) is 29.5. The molecule has 0 unspecified atom stereocenters. The van der Waals surface area contributed by atoms with Crippen LogP contribution in [0.2, 0.25) is 0 Å². The summed E-state index contributed by atoms with van der Waals surface area (Å²) in [7, 11) is 0. The van der Waals surface area contributed by atoms with E-state index in [4.69, 9.17) is 4.42 Å². The van der Waals surface area contributed by atoms with Crippen molar-refractivity contribution in [3.8, 4) is 22.3 Å². The molecule has 0 aliphatic heterocycles. The van der Waals surface area contributed by atoms with E-state index < -0.39 is 0 Å². The van der Waals surface area contributed by atoms with Gasteiger partial charge in [-0.25, -0.2) is 0 Å². The summed E-state index contributed by atoms with van der Waals surface area (Å²) in [4.78, 5) is 2.33. The first-order valence-corrected chi connectivity index (χ1v) is 18.8. The first kappa shape index (κ1) is 30.0. The van der Waals surface area contributed by atoms with Crippen molar-refractivity contribution in [3.63, 3.8) is 0 Å². The summed E-state index contributed by atoms with van der Waals surface area (Å²) < 4.78 is 9.01. The minimum atomic E-state index is 0.876. The molecule has 2 aromatic heterocycles. The van der Waals surface area contributed by atoms with Crippen molar-refractivity contribution >= 4 is 92.1 Å². The van der Waals surface area contributed by atoms with Gasteiger partial charge in [0, 0.05) is 54.1 Å². The van der Waals surface area contributed by atoms with Gasteiger partial charge < -0.3 is 9.32 Å². The lowest BCUT2D eigenvalue weighted by Crippen LogP contribution is -2.09. The summed E-state index contributed by atoms with van der Waals surface area (Å²) >= 11 is 1.87. The van der Waals surface area contributed by atoms with E-state index in [0.29, 0.717) is 0 Å². The van der Waals surface area contributed by atoms with Gasteiger partial charge in [0.05, 0.1) is 0 Å². The predicted octanol–water partition coefficient (Wildman–Crippen LogP) is 15.1. The molecule has 2 nitrogen and oxygen atoms in total. The predicted molar refractivity (Wildman–Crippen MR) is 227 cm³/mol. The highest BCUT2D eigenvalue weighted by Gasteiger charge is 2.18. The summed E-state index contributed by atoms with van der Waals surface area (Å²) in [6, 6.07) is 68.0. The van der Waals surface area contributed by atoms with Crippen LogP contribution in [0, 0.1) is 0 Å². The zero-order valence-electron chi connectivity index (χ0n) is 28.7. The van der Waals surface area contributed by atoms with Crippen LogP contribution in [0.3, 0.4) is 0 Å². The number of rotatable bonds is 5. The van der Waals surface area contributed by atoms with Gasteiger partial charge in [0.25, 0.3) is 0 Å². The lowest BCUT2D eigenvalue weighted by atomic mass is 9.97. The number of hydrogen-bond acceptors (Lipinski definition) is 3. The van der Waals surface area contributed by atoms with Crippen LogP contribution in [0.25, 0.3) is 85.9 Å². The first-order valence-electron chi connectivity index (χ1n) is 18.0. The van der Waals surface area contributed by atoms with Crippen LogP contribution in [0.15, 0.2) is 192 Å². The maximum Gasteiger partial charge on any atom is 0.137 e. The maximum atomic E-state index is 6.38. The Hall–Kier alpha value is -6.68. The molecule has 0 fully saturated rings. The molecule has 0 amide bonds. The second-order valence-electron chi connectivity index (χ2n) is 13.7. The summed E-state index contributed by atoms with van der Waals surface area (Å²) in [6.45, 7) is 0. The number of para-hydroxylation sites is 1. The van der Waals surface area contributed by atoms with Gasteiger partial charge in [-0.15, -0.1) is 11.3 Å². The molecular weight excluding hydrogens is 663 g/mol. The van der Waals surface area contributed by atoms with Crippen molar-refractivity contribution in [1.29, 1.82) is 0 Å². The molecule has 9 aromatic carbocycles. The molecule has 0 N–H and O–H groups in total. The summed E-state index contributed by atoms with van der Waals surface area (Å²) in [5.74, 6) is 0. The van der Waals surface area contributed by atoms with Crippen molar-refractivity contribution < 1.29 is 4.42 Å². The van der Waals surface area contributed by atoms with E-state index in [2.05, 4.69) is 181 Å². The van der Waals surface area contributed by atoms with Gasteiger partial charge in [0.1, 0.15) is 11.2 Å². The van der Waals surface area contributed by atoms with Gasteiger partial charge in [-0.1, -0.05) is 121 Å². The van der Waals surface area contributed by atoms with Crippen LogP contribution >= 0.6 is 11.3 Å². The van der Waals surface area contributed by atoms with Gasteiger partial charge in [0.2, 0.25) is 0 Å². The van der Waals surface area contributed by atoms with Crippen LogP contribution in [-0.4, -0.2) is 0 Å². The SMILES string of the molecule is c1ccc2cc3c(cc2c1)sc1cccc(-c2ccc(N(c4ccc(-c5cccc6ccccc56)cc4)c4ccc5c(c4)oc4ccccc45)cc2)c13. The Kier molecular flexibility index (Phi) is 6.76. The molecule has 248 valence electrons. The Bertz CT molecular complexity index is 3160. The molecule has 11 rings (SSSR count). The number of fused-ring (bicyclic) bond motifs is 8. The van der Waals surface area contributed by atoms with Gasteiger partial charge in [-0.3, -0.25) is 0 Å². The molecule has 0 aliphatic carbocycles. The summed E-state index contributed by atoms with van der Waals surface area (Å²) in [5, 5.41) is 9.94. The standard InChI is InChI=1S/C50H31NOS/c1-2-11-36-30-49-45(29-35(36)10-1)50-42(16-8-18-48(50)53-49)34-21-25-38(26-22-34)51(39-27-28-44-43-14-5-6-17-46(43)52-47(44)31-39)37-23-19-33(20-24-37)41-15-7-12-32-9-3-4-13-40(32)41/h1-31H. The number of hydrogen-bond donors (Lipinski definition) is 0. The van der Waals surface area contributed by atoms with Crippen LogP contribution in [-0.2, 0) is 0 Å². The van der Waals surface area contributed by atoms with Gasteiger partial charge in [-0.2, -0.15) is 0 Å². The molecule has 3 heteroatoms. The van der Waals surface area contributed by atoms with E-state index in [1.807, 2.05) is 23.5 Å². The van der Waals surface area contributed by atoms with E-state index in [1.165, 1.54) is 64.0 Å². The highest BCUT2D eigenvalue weighted by atomic mass is 32.1. The lowest BCUT2D eigenvalue weighted by Gasteiger charge is -2.26. The third-order valence-corrected chi connectivity index (χ3v) is 11.8. The third-order valence-electron chi connectivity index (χ3n) is 10.6. The highest BCUT2D eigenvalue weighted by Crippen LogP contribution is 2.44. The molecule has 0 bridgehead atoms. The third kappa shape index (κ3) is 4.93. The Morgan fingerprint density at radius 1 is 0.358 bits per heavy atom. The fraction of sp³-hybridized carbons (Fsp3) is 0. The minimum Gasteiger partial charge on any atom is -0.456 e. The Labute approximate surface area is 310 Å². The van der Waals surface area contributed by atoms with E-state index in [-0.39, 0.29) is 0 Å². The van der Waals surface area contributed by atoms with Crippen molar-refractivity contribution in [1.82, 2.24) is 0 Å². The minimum absolute atomic E-state index is 0.876. The zero-order chi connectivity index (χ0) is 34.9. The monoisotopic (exact) mass is 693 g/mol. The van der Waals surface area contributed by atoms with Crippen LogP contribution in [0.1, 0.15) is 0 Å². The smallest absolute Gasteiger partial charge is 0.137 e. The molecule has 0 aliphatic rings. The second kappa shape index (κ2) is 11.9. The van der Waals surface area contributed by atoms with Crippen molar-refractivity contribution in [2.75, 3.05) is 4.90 Å². The van der Waals surface area contributed by atoms with Gasteiger partial charge in [-0.05, 0) is 104 Å². The average Bonchev–Trinajstić information content (AvgIpc) is 3.78. The van der Waals surface area contributed by atoms with Gasteiger partial charge in [0.15, 0.2) is 0 Å². The van der Waals surface area contributed by atoms with Crippen LogP contribution in [0.5, 0.6) is 0 Å². The van der Waals surface area contributed by atoms with Crippen molar-refractivity contribution in [2.24, 2.45) is 0 Å². The Morgan fingerprint density at radius 3 is 1.74 bits per heavy atom. The average molecular weight is 694 g/mol. The maximum absolute atomic E-state index is 6.38. The number of thiophene rings is 1. The van der Waals surface area contributed by atoms with E-state index >= 15 is 0 Å². The Balaban J connectivity index is 1.04. The number of furan rings is 1. The first-order chi connectivity index (χ1) is 26.2. The molecule has 2 heterocycles. The van der Waals surface area contributed by atoms with E-state index in [9.17, 15) is 0 Å². The Morgan fingerprint density at radius 2 is 0.943 bits per heavy atom. The lowest BCUT2D eigenvalue weighted by molar-refractivity contribution is 0.669. The highest BCUT2D eigenvalue weighted by molar-refractivity contribution is 7.26.